The minimum absolute atomic E-state index is 0.228. The van der Waals surface area contributed by atoms with Gasteiger partial charge in [-0.1, -0.05) is 6.07 Å². The fraction of sp³-hybridized carbons (Fsp3) is 0.250. The smallest absolute Gasteiger partial charge is 0.256 e. The zero-order valence-corrected chi connectivity index (χ0v) is 14.2. The normalized spacial score (nSPS) is 10.6. The van der Waals surface area contributed by atoms with Crippen molar-refractivity contribution in [3.8, 4) is 5.75 Å². The van der Waals surface area contributed by atoms with Crippen molar-refractivity contribution >= 4 is 23.5 Å². The molecule has 0 bridgehead atoms. The van der Waals surface area contributed by atoms with Crippen molar-refractivity contribution in [3.63, 3.8) is 0 Å². The molecule has 24 heavy (non-hydrogen) atoms. The molecule has 8 heteroatoms. The third kappa shape index (κ3) is 3.77. The molecule has 0 spiro atoms. The number of nitrogens with zero attached hydrogens (tertiary/aromatic N) is 4. The van der Waals surface area contributed by atoms with Crippen LogP contribution in [0.4, 0.5) is 5.82 Å². The summed E-state index contributed by atoms with van der Waals surface area (Å²) in [5.41, 5.74) is 2.17. The lowest BCUT2D eigenvalue weighted by atomic mass is 10.2. The maximum absolute atomic E-state index is 12.3. The van der Waals surface area contributed by atoms with Gasteiger partial charge in [-0.3, -0.25) is 9.48 Å². The largest absolute Gasteiger partial charge is 0.487 e. The topological polar surface area (TPSA) is 81.9 Å². The minimum atomic E-state index is -0.228. The average Bonchev–Trinajstić information content (AvgIpc) is 3.22. The van der Waals surface area contributed by atoms with Gasteiger partial charge in [-0.05, 0) is 32.0 Å². The Balaban J connectivity index is 1.65. The second kappa shape index (κ2) is 7.22. The molecule has 2 heterocycles. The lowest BCUT2D eigenvalue weighted by Gasteiger charge is -2.07. The van der Waals surface area contributed by atoms with E-state index in [9.17, 15) is 4.79 Å². The molecule has 124 valence electrons. The maximum atomic E-state index is 12.3. The van der Waals surface area contributed by atoms with Gasteiger partial charge < -0.3 is 10.1 Å². The van der Waals surface area contributed by atoms with Gasteiger partial charge in [-0.25, -0.2) is 0 Å². The highest BCUT2D eigenvalue weighted by Gasteiger charge is 2.10. The zero-order valence-electron chi connectivity index (χ0n) is 13.4. The number of rotatable bonds is 6. The molecule has 0 unspecified atom stereocenters. The fourth-order valence-electron chi connectivity index (χ4n) is 2.05. The van der Waals surface area contributed by atoms with Crippen molar-refractivity contribution in [2.45, 2.75) is 27.0 Å². The number of carbonyl (C=O) groups excluding carboxylic acids is 1. The molecule has 0 fully saturated rings. The number of benzene rings is 1. The van der Waals surface area contributed by atoms with Crippen LogP contribution in [0.25, 0.3) is 0 Å². The summed E-state index contributed by atoms with van der Waals surface area (Å²) >= 11 is 1.16. The van der Waals surface area contributed by atoms with Crippen LogP contribution in [0.1, 0.15) is 28.7 Å². The molecule has 0 aliphatic heterocycles. The quantitative estimate of drug-likeness (QED) is 0.744. The molecule has 1 aromatic carbocycles. The molecule has 7 nitrogen and oxygen atoms in total. The maximum Gasteiger partial charge on any atom is 0.256 e. The number of hydrogen-bond donors (Lipinski definition) is 1. The zero-order chi connectivity index (χ0) is 16.9. The summed E-state index contributed by atoms with van der Waals surface area (Å²) in [7, 11) is 0. The molecule has 0 saturated heterocycles. The lowest BCUT2D eigenvalue weighted by Crippen LogP contribution is -2.13. The number of amides is 1. The van der Waals surface area contributed by atoms with Crippen LogP contribution in [0.3, 0.4) is 0 Å². The Morgan fingerprint density at radius 3 is 2.92 bits per heavy atom. The fourth-order valence-corrected chi connectivity index (χ4v) is 2.60. The Bertz CT molecular complexity index is 842. The Hall–Kier alpha value is -2.74. The van der Waals surface area contributed by atoms with Gasteiger partial charge in [0.2, 0.25) is 0 Å². The van der Waals surface area contributed by atoms with E-state index in [2.05, 4.69) is 19.2 Å². The second-order valence-electron chi connectivity index (χ2n) is 5.12. The summed E-state index contributed by atoms with van der Waals surface area (Å²) in [6.45, 7) is 4.96. The van der Waals surface area contributed by atoms with Crippen molar-refractivity contribution in [2.24, 2.45) is 0 Å². The van der Waals surface area contributed by atoms with E-state index in [0.717, 1.165) is 29.7 Å². The highest BCUT2D eigenvalue weighted by atomic mass is 32.1. The summed E-state index contributed by atoms with van der Waals surface area (Å²) in [5, 5.41) is 7.01. The van der Waals surface area contributed by atoms with Crippen LogP contribution in [0.2, 0.25) is 0 Å². The Kier molecular flexibility index (Phi) is 4.85. The molecule has 2 aromatic heterocycles. The van der Waals surface area contributed by atoms with Crippen LogP contribution >= 0.6 is 11.7 Å². The van der Waals surface area contributed by atoms with E-state index in [4.69, 9.17) is 4.74 Å². The molecule has 0 aliphatic rings. The second-order valence-corrected chi connectivity index (χ2v) is 5.65. The van der Waals surface area contributed by atoms with E-state index in [1.165, 1.54) is 0 Å². The first-order valence-electron chi connectivity index (χ1n) is 7.51. The molecule has 1 amide bonds. The molecular weight excluding hydrogens is 326 g/mol. The first-order chi connectivity index (χ1) is 11.7. The molecule has 0 aliphatic carbocycles. The van der Waals surface area contributed by atoms with Gasteiger partial charge in [0, 0.05) is 24.4 Å². The van der Waals surface area contributed by atoms with Crippen LogP contribution in [0, 0.1) is 6.92 Å². The number of hydrogen-bond acceptors (Lipinski definition) is 6. The minimum Gasteiger partial charge on any atom is -0.487 e. The highest BCUT2D eigenvalue weighted by Crippen LogP contribution is 2.17. The average molecular weight is 343 g/mol. The van der Waals surface area contributed by atoms with Crippen molar-refractivity contribution in [2.75, 3.05) is 5.32 Å². The summed E-state index contributed by atoms with van der Waals surface area (Å²) in [5.74, 6) is 0.903. The van der Waals surface area contributed by atoms with Crippen molar-refractivity contribution in [1.29, 1.82) is 0 Å². The predicted molar refractivity (Wildman–Crippen MR) is 91.3 cm³/mol. The summed E-state index contributed by atoms with van der Waals surface area (Å²) in [6.07, 6.45) is 1.82. The first-order valence-corrected chi connectivity index (χ1v) is 8.24. The standard InChI is InChI=1S/C16H17N5O2S/c1-3-21-8-7-15(18-21)17-16(22)12-5-4-6-13(9-12)23-10-14-11(2)19-24-20-14/h4-9H,3,10H2,1-2H3,(H,17,18,22). The molecule has 3 rings (SSSR count). The number of nitrogens with one attached hydrogen (secondary N) is 1. The van der Waals surface area contributed by atoms with Gasteiger partial charge in [-0.15, -0.1) is 0 Å². The number of anilines is 1. The molecule has 0 radical (unpaired) electrons. The number of aromatic nitrogens is 4. The number of ether oxygens (including phenoxy) is 1. The van der Waals surface area contributed by atoms with Crippen molar-refractivity contribution in [1.82, 2.24) is 18.5 Å². The van der Waals surface area contributed by atoms with E-state index in [0.29, 0.717) is 23.7 Å². The predicted octanol–water partition coefficient (Wildman–Crippen LogP) is 2.89. The first kappa shape index (κ1) is 16.1. The Labute approximate surface area is 143 Å². The third-order valence-corrected chi connectivity index (χ3v) is 4.08. The van der Waals surface area contributed by atoms with Gasteiger partial charge in [0.05, 0.1) is 17.4 Å². The van der Waals surface area contributed by atoms with E-state index in [1.54, 1.807) is 35.0 Å². The molecule has 0 saturated carbocycles. The van der Waals surface area contributed by atoms with Crippen LogP contribution in [-0.4, -0.2) is 24.4 Å². The van der Waals surface area contributed by atoms with E-state index >= 15 is 0 Å². The third-order valence-electron chi connectivity index (χ3n) is 3.42. The Morgan fingerprint density at radius 2 is 2.21 bits per heavy atom. The SMILES string of the molecule is CCn1ccc(NC(=O)c2cccc(OCc3nsnc3C)c2)n1. The number of carbonyl (C=O) groups is 1. The van der Waals surface area contributed by atoms with Crippen molar-refractivity contribution < 1.29 is 9.53 Å². The molecule has 0 atom stereocenters. The van der Waals surface area contributed by atoms with Crippen LogP contribution < -0.4 is 10.1 Å². The highest BCUT2D eigenvalue weighted by molar-refractivity contribution is 6.99. The summed E-state index contributed by atoms with van der Waals surface area (Å²) < 4.78 is 15.7. The van der Waals surface area contributed by atoms with Gasteiger partial charge in [0.25, 0.3) is 5.91 Å². The van der Waals surface area contributed by atoms with Crippen LogP contribution in [0.5, 0.6) is 5.75 Å². The monoisotopic (exact) mass is 343 g/mol. The van der Waals surface area contributed by atoms with Crippen molar-refractivity contribution in [3.05, 3.63) is 53.5 Å². The van der Waals surface area contributed by atoms with E-state index < -0.39 is 0 Å². The lowest BCUT2D eigenvalue weighted by molar-refractivity contribution is 0.102. The summed E-state index contributed by atoms with van der Waals surface area (Å²) in [6, 6.07) is 8.77. The van der Waals surface area contributed by atoms with Crippen LogP contribution in [-0.2, 0) is 13.2 Å². The van der Waals surface area contributed by atoms with Gasteiger partial charge >= 0.3 is 0 Å². The van der Waals surface area contributed by atoms with Gasteiger partial charge in [0.15, 0.2) is 5.82 Å². The van der Waals surface area contributed by atoms with Gasteiger partial charge in [-0.2, -0.15) is 13.8 Å². The summed E-state index contributed by atoms with van der Waals surface area (Å²) in [4.78, 5) is 12.3. The Morgan fingerprint density at radius 1 is 1.33 bits per heavy atom. The van der Waals surface area contributed by atoms with E-state index in [1.807, 2.05) is 20.0 Å². The molecule has 3 aromatic rings. The molecule has 1 N–H and O–H groups in total. The van der Waals surface area contributed by atoms with Gasteiger partial charge in [0.1, 0.15) is 18.1 Å². The number of aryl methyl sites for hydroxylation is 2. The molecular formula is C16H17N5O2S. The van der Waals surface area contributed by atoms with Crippen LogP contribution in [0.15, 0.2) is 36.5 Å². The van der Waals surface area contributed by atoms with E-state index in [-0.39, 0.29) is 5.91 Å².